The van der Waals surface area contributed by atoms with E-state index in [1.807, 2.05) is 48.7 Å². The van der Waals surface area contributed by atoms with Crippen LogP contribution in [-0.2, 0) is 24.3 Å². The van der Waals surface area contributed by atoms with Crippen LogP contribution in [0, 0.1) is 6.92 Å². The second kappa shape index (κ2) is 8.40. The molecule has 0 saturated carbocycles. The Hall–Kier alpha value is -3.26. The molecule has 1 N–H and O–H groups in total. The lowest BCUT2D eigenvalue weighted by Crippen LogP contribution is -2.28. The maximum atomic E-state index is 12.8. The maximum absolute atomic E-state index is 12.8. The monoisotopic (exact) mass is 407 g/mol. The quantitative estimate of drug-likeness (QED) is 0.510. The standard InChI is InChI=1S/C21H21N5O2S/c1-15-5-2-3-6-16(15)13-25-14-23-20-18(21(25)28)12-24-26(20)9-8-22-19(27)11-17-7-4-10-29-17/h2-7,10,12,14H,8-9,11,13H2,1H3,(H,22,27). The first kappa shape index (κ1) is 19.1. The number of carbonyl (C=O) groups is 1. The molecule has 3 aromatic heterocycles. The number of rotatable bonds is 7. The maximum Gasteiger partial charge on any atom is 0.264 e. The summed E-state index contributed by atoms with van der Waals surface area (Å²) < 4.78 is 3.25. The van der Waals surface area contributed by atoms with Crippen LogP contribution in [0.3, 0.4) is 0 Å². The summed E-state index contributed by atoms with van der Waals surface area (Å²) in [5, 5.41) is 9.60. The van der Waals surface area contributed by atoms with Gasteiger partial charge in [0.15, 0.2) is 5.65 Å². The topological polar surface area (TPSA) is 81.8 Å². The molecule has 0 atom stereocenters. The van der Waals surface area contributed by atoms with Gasteiger partial charge >= 0.3 is 0 Å². The summed E-state index contributed by atoms with van der Waals surface area (Å²) in [5.74, 6) is -0.0301. The molecule has 0 aliphatic carbocycles. The molecule has 1 amide bonds. The van der Waals surface area contributed by atoms with Gasteiger partial charge in [-0.1, -0.05) is 30.3 Å². The molecule has 148 valence electrons. The summed E-state index contributed by atoms with van der Waals surface area (Å²) in [5.41, 5.74) is 2.62. The number of thiophene rings is 1. The minimum absolute atomic E-state index is 0.0301. The number of hydrogen-bond donors (Lipinski definition) is 1. The first-order valence-electron chi connectivity index (χ1n) is 9.36. The van der Waals surface area contributed by atoms with Gasteiger partial charge in [0.1, 0.15) is 11.7 Å². The molecule has 0 fully saturated rings. The minimum Gasteiger partial charge on any atom is -0.354 e. The highest BCUT2D eigenvalue weighted by atomic mass is 32.1. The lowest BCUT2D eigenvalue weighted by Gasteiger charge is -2.09. The van der Waals surface area contributed by atoms with Gasteiger partial charge in [-0.15, -0.1) is 11.3 Å². The Morgan fingerprint density at radius 2 is 2.07 bits per heavy atom. The third-order valence-corrected chi connectivity index (χ3v) is 5.66. The van der Waals surface area contributed by atoms with Gasteiger partial charge in [0.25, 0.3) is 5.56 Å². The Balaban J connectivity index is 1.44. The van der Waals surface area contributed by atoms with Gasteiger partial charge in [0.05, 0.1) is 25.7 Å². The van der Waals surface area contributed by atoms with Crippen molar-refractivity contribution >= 4 is 28.3 Å². The zero-order valence-corrected chi connectivity index (χ0v) is 16.9. The van der Waals surface area contributed by atoms with Gasteiger partial charge in [-0.05, 0) is 29.5 Å². The molecule has 0 radical (unpaired) electrons. The molecule has 1 aromatic carbocycles. The van der Waals surface area contributed by atoms with Crippen LogP contribution in [0.1, 0.15) is 16.0 Å². The molecule has 0 unspecified atom stereocenters. The van der Waals surface area contributed by atoms with Crippen molar-refractivity contribution in [2.75, 3.05) is 6.54 Å². The van der Waals surface area contributed by atoms with E-state index >= 15 is 0 Å². The summed E-state index contributed by atoms with van der Waals surface area (Å²) >= 11 is 1.56. The van der Waals surface area contributed by atoms with Crippen LogP contribution in [0.15, 0.2) is 59.1 Å². The number of aromatic nitrogens is 4. The number of aryl methyl sites for hydroxylation is 1. The molecule has 7 nitrogen and oxygen atoms in total. The van der Waals surface area contributed by atoms with E-state index in [-0.39, 0.29) is 11.5 Å². The van der Waals surface area contributed by atoms with Crippen LogP contribution >= 0.6 is 11.3 Å². The van der Waals surface area contributed by atoms with Crippen molar-refractivity contribution in [1.82, 2.24) is 24.6 Å². The van der Waals surface area contributed by atoms with Crippen LogP contribution in [0.2, 0.25) is 0 Å². The molecule has 29 heavy (non-hydrogen) atoms. The van der Waals surface area contributed by atoms with Crippen molar-refractivity contribution in [1.29, 1.82) is 0 Å². The third-order valence-electron chi connectivity index (χ3n) is 4.78. The van der Waals surface area contributed by atoms with Crippen LogP contribution in [0.5, 0.6) is 0 Å². The predicted octanol–water partition coefficient (Wildman–Crippen LogP) is 2.37. The van der Waals surface area contributed by atoms with Crippen molar-refractivity contribution in [2.45, 2.75) is 26.4 Å². The van der Waals surface area contributed by atoms with E-state index in [0.717, 1.165) is 16.0 Å². The lowest BCUT2D eigenvalue weighted by atomic mass is 10.1. The van der Waals surface area contributed by atoms with Gasteiger partial charge in [0, 0.05) is 11.4 Å². The second-order valence-electron chi connectivity index (χ2n) is 6.82. The number of nitrogens with one attached hydrogen (secondary N) is 1. The molecule has 0 saturated heterocycles. The van der Waals surface area contributed by atoms with Gasteiger partial charge in [-0.25, -0.2) is 9.67 Å². The fourth-order valence-corrected chi connectivity index (χ4v) is 3.88. The Morgan fingerprint density at radius 3 is 2.86 bits per heavy atom. The summed E-state index contributed by atoms with van der Waals surface area (Å²) in [6.45, 7) is 3.37. The average Bonchev–Trinajstić information content (AvgIpc) is 3.36. The number of hydrogen-bond acceptors (Lipinski definition) is 5. The number of fused-ring (bicyclic) bond motifs is 1. The zero-order chi connectivity index (χ0) is 20.2. The summed E-state index contributed by atoms with van der Waals surface area (Å²) in [7, 11) is 0. The fourth-order valence-electron chi connectivity index (χ4n) is 3.18. The highest BCUT2D eigenvalue weighted by Crippen LogP contribution is 2.11. The molecular weight excluding hydrogens is 386 g/mol. The molecule has 4 rings (SSSR count). The van der Waals surface area contributed by atoms with Gasteiger partial charge < -0.3 is 5.32 Å². The van der Waals surface area contributed by atoms with E-state index in [1.165, 1.54) is 0 Å². The SMILES string of the molecule is Cc1ccccc1Cn1cnc2c(cnn2CCNC(=O)Cc2cccs2)c1=O. The second-order valence-corrected chi connectivity index (χ2v) is 7.85. The first-order valence-corrected chi connectivity index (χ1v) is 10.2. The van der Waals surface area contributed by atoms with Crippen molar-refractivity contribution in [3.63, 3.8) is 0 Å². The van der Waals surface area contributed by atoms with Gasteiger partial charge in [-0.3, -0.25) is 14.2 Å². The van der Waals surface area contributed by atoms with Crippen molar-refractivity contribution in [3.8, 4) is 0 Å². The van der Waals surface area contributed by atoms with Crippen LogP contribution in [-0.4, -0.2) is 31.8 Å². The molecule has 3 heterocycles. The van der Waals surface area contributed by atoms with E-state index in [9.17, 15) is 9.59 Å². The van der Waals surface area contributed by atoms with Gasteiger partial charge in [-0.2, -0.15) is 5.10 Å². The van der Waals surface area contributed by atoms with Crippen LogP contribution < -0.4 is 10.9 Å². The number of benzene rings is 1. The first-order chi connectivity index (χ1) is 14.1. The minimum atomic E-state index is -0.119. The van der Waals surface area contributed by atoms with E-state index < -0.39 is 0 Å². The van der Waals surface area contributed by atoms with Gasteiger partial charge in [0.2, 0.25) is 5.91 Å². The molecule has 4 aromatic rings. The van der Waals surface area contributed by atoms with E-state index in [4.69, 9.17) is 0 Å². The molecule has 0 spiro atoms. The highest BCUT2D eigenvalue weighted by molar-refractivity contribution is 7.10. The van der Waals surface area contributed by atoms with Crippen LogP contribution in [0.4, 0.5) is 0 Å². The number of nitrogens with zero attached hydrogens (tertiary/aromatic N) is 4. The predicted molar refractivity (Wildman–Crippen MR) is 113 cm³/mol. The molecule has 0 aliphatic rings. The molecular formula is C21H21N5O2S. The summed E-state index contributed by atoms with van der Waals surface area (Å²) in [6.07, 6.45) is 3.48. The Morgan fingerprint density at radius 1 is 1.21 bits per heavy atom. The molecule has 0 bridgehead atoms. The Labute approximate surface area is 171 Å². The average molecular weight is 407 g/mol. The van der Waals surface area contributed by atoms with E-state index in [2.05, 4.69) is 15.4 Å². The van der Waals surface area contributed by atoms with E-state index in [0.29, 0.717) is 37.1 Å². The third kappa shape index (κ3) is 4.27. The van der Waals surface area contributed by atoms with Crippen LogP contribution in [0.25, 0.3) is 11.0 Å². The molecule has 8 heteroatoms. The van der Waals surface area contributed by atoms with E-state index in [1.54, 1.807) is 33.1 Å². The van der Waals surface area contributed by atoms with Crippen molar-refractivity contribution in [3.05, 3.63) is 80.7 Å². The Kier molecular flexibility index (Phi) is 5.53. The fraction of sp³-hybridized carbons (Fsp3) is 0.238. The largest absolute Gasteiger partial charge is 0.354 e. The Bertz CT molecular complexity index is 1190. The van der Waals surface area contributed by atoms with Crippen molar-refractivity contribution < 1.29 is 4.79 Å². The molecule has 0 aliphatic heterocycles. The number of carbonyl (C=O) groups excluding carboxylic acids is 1. The summed E-state index contributed by atoms with van der Waals surface area (Å²) in [4.78, 5) is 30.3. The lowest BCUT2D eigenvalue weighted by molar-refractivity contribution is -0.120. The van der Waals surface area contributed by atoms with Crippen molar-refractivity contribution in [2.24, 2.45) is 0 Å². The zero-order valence-electron chi connectivity index (χ0n) is 16.0. The summed E-state index contributed by atoms with van der Waals surface area (Å²) in [6, 6.07) is 11.8. The smallest absolute Gasteiger partial charge is 0.264 e. The number of amides is 1. The highest BCUT2D eigenvalue weighted by Gasteiger charge is 2.11. The normalized spacial score (nSPS) is 11.1.